The van der Waals surface area contributed by atoms with Crippen molar-refractivity contribution in [2.75, 3.05) is 6.54 Å². The third kappa shape index (κ3) is 7.97. The number of ether oxygens (including phenoxy) is 1. The average Bonchev–Trinajstić information content (AvgIpc) is 2.61. The van der Waals surface area contributed by atoms with Crippen molar-refractivity contribution in [1.82, 2.24) is 15.5 Å². The molecule has 3 amide bonds. The van der Waals surface area contributed by atoms with Crippen LogP contribution in [0.3, 0.4) is 0 Å². The molecular weight excluding hydrogens is 394 g/mol. The Morgan fingerprint density at radius 2 is 1.68 bits per heavy atom. The Balaban J connectivity index is 3.36. The fourth-order valence-corrected chi connectivity index (χ4v) is 3.08. The molecule has 0 fully saturated rings. The van der Waals surface area contributed by atoms with E-state index in [2.05, 4.69) is 16.6 Å². The van der Waals surface area contributed by atoms with Gasteiger partial charge in [-0.3, -0.25) is 9.59 Å². The van der Waals surface area contributed by atoms with E-state index in [9.17, 15) is 14.4 Å². The molecule has 1 unspecified atom stereocenters. The molecule has 7 nitrogen and oxygen atoms in total. The summed E-state index contributed by atoms with van der Waals surface area (Å²) in [5.74, 6) is 1.81. The minimum Gasteiger partial charge on any atom is -0.444 e. The molecule has 0 heterocycles. The molecule has 1 atom stereocenters. The van der Waals surface area contributed by atoms with Gasteiger partial charge in [-0.2, -0.15) is 0 Å². The van der Waals surface area contributed by atoms with Gasteiger partial charge in [-0.25, -0.2) is 4.79 Å². The Bertz CT molecular complexity index is 842. The number of amides is 3. The van der Waals surface area contributed by atoms with Crippen molar-refractivity contribution in [3.63, 3.8) is 0 Å². The van der Waals surface area contributed by atoms with Crippen LogP contribution in [0.25, 0.3) is 0 Å². The summed E-state index contributed by atoms with van der Waals surface area (Å²) in [6.07, 6.45) is 4.97. The fourth-order valence-electron chi connectivity index (χ4n) is 3.08. The summed E-state index contributed by atoms with van der Waals surface area (Å²) in [7, 11) is 0. The first-order chi connectivity index (χ1) is 14.2. The Morgan fingerprint density at radius 1 is 1.10 bits per heavy atom. The molecule has 0 saturated heterocycles. The topological polar surface area (TPSA) is 87.7 Å². The minimum atomic E-state index is -0.970. The van der Waals surface area contributed by atoms with Crippen molar-refractivity contribution in [3.8, 4) is 12.3 Å². The van der Waals surface area contributed by atoms with Crippen molar-refractivity contribution in [2.24, 2.45) is 0 Å². The molecule has 0 aromatic heterocycles. The molecule has 1 aromatic carbocycles. The van der Waals surface area contributed by atoms with Gasteiger partial charge in [0.15, 0.2) is 0 Å². The van der Waals surface area contributed by atoms with Crippen LogP contribution in [0.1, 0.15) is 72.6 Å². The van der Waals surface area contributed by atoms with E-state index in [4.69, 9.17) is 11.2 Å². The highest BCUT2D eigenvalue weighted by Crippen LogP contribution is 2.31. The van der Waals surface area contributed by atoms with E-state index in [1.165, 1.54) is 4.90 Å². The van der Waals surface area contributed by atoms with E-state index in [-0.39, 0.29) is 18.5 Å². The zero-order valence-electron chi connectivity index (χ0n) is 19.8. The highest BCUT2D eigenvalue weighted by atomic mass is 16.6. The molecule has 0 aliphatic heterocycles. The Hall–Kier alpha value is -3.01. The minimum absolute atomic E-state index is 0.134. The summed E-state index contributed by atoms with van der Waals surface area (Å²) >= 11 is 0. The lowest BCUT2D eigenvalue weighted by Gasteiger charge is -2.41. The van der Waals surface area contributed by atoms with Crippen LogP contribution in [-0.4, -0.2) is 46.5 Å². The second-order valence-corrected chi connectivity index (χ2v) is 9.59. The highest BCUT2D eigenvalue weighted by molar-refractivity contribution is 5.91. The zero-order chi connectivity index (χ0) is 24.0. The monoisotopic (exact) mass is 429 g/mol. The first-order valence-corrected chi connectivity index (χ1v) is 10.3. The van der Waals surface area contributed by atoms with E-state index in [0.29, 0.717) is 11.1 Å². The van der Waals surface area contributed by atoms with E-state index in [1.54, 1.807) is 45.0 Å². The molecule has 1 aromatic rings. The number of carbonyl (C=O) groups is 3. The van der Waals surface area contributed by atoms with Gasteiger partial charge in [0.05, 0.1) is 0 Å². The molecule has 1 rings (SSSR count). The maximum atomic E-state index is 13.3. The van der Waals surface area contributed by atoms with Crippen LogP contribution in [0.5, 0.6) is 0 Å². The van der Waals surface area contributed by atoms with Gasteiger partial charge in [0.1, 0.15) is 18.2 Å². The zero-order valence-corrected chi connectivity index (χ0v) is 19.8. The van der Waals surface area contributed by atoms with E-state index in [1.807, 2.05) is 34.6 Å². The number of rotatable bonds is 6. The van der Waals surface area contributed by atoms with Gasteiger partial charge in [-0.1, -0.05) is 24.1 Å². The SMILES string of the molecule is C#Cc1ccccc1C(C(=O)NC(C)C)N(C(=O)CNC(=O)OC(C)(C)C)C(C)(C)C. The second kappa shape index (κ2) is 10.3. The van der Waals surface area contributed by atoms with Crippen LogP contribution in [0.2, 0.25) is 0 Å². The van der Waals surface area contributed by atoms with Crippen molar-refractivity contribution < 1.29 is 19.1 Å². The third-order valence-corrected chi connectivity index (χ3v) is 4.12. The summed E-state index contributed by atoms with van der Waals surface area (Å²) in [6.45, 7) is 14.0. The van der Waals surface area contributed by atoms with Crippen LogP contribution < -0.4 is 10.6 Å². The second-order valence-electron chi connectivity index (χ2n) is 9.59. The predicted octanol–water partition coefficient (Wildman–Crippen LogP) is 3.39. The van der Waals surface area contributed by atoms with Crippen molar-refractivity contribution in [3.05, 3.63) is 35.4 Å². The summed E-state index contributed by atoms with van der Waals surface area (Å²) in [4.78, 5) is 40.0. The van der Waals surface area contributed by atoms with Gasteiger partial charge >= 0.3 is 6.09 Å². The van der Waals surface area contributed by atoms with Gasteiger partial charge in [-0.05, 0) is 67.0 Å². The maximum absolute atomic E-state index is 13.3. The standard InChI is InChI=1S/C24H35N3O4/c1-10-17-13-11-12-14-18(17)20(21(29)26-16(2)3)27(23(4,5)6)19(28)15-25-22(30)31-24(7,8)9/h1,11-14,16,20H,15H2,2-9H3,(H,25,30)(H,26,29). The van der Waals surface area contributed by atoms with Crippen LogP contribution in [0, 0.1) is 12.3 Å². The van der Waals surface area contributed by atoms with Crippen molar-refractivity contribution in [1.29, 1.82) is 0 Å². The number of hydrogen-bond acceptors (Lipinski definition) is 4. The number of alkyl carbamates (subject to hydrolysis) is 1. The first-order valence-electron chi connectivity index (χ1n) is 10.3. The van der Waals surface area contributed by atoms with Gasteiger partial charge < -0.3 is 20.3 Å². The third-order valence-electron chi connectivity index (χ3n) is 4.12. The lowest BCUT2D eigenvalue weighted by molar-refractivity contribution is -0.146. The molecular formula is C24H35N3O4. The fraction of sp³-hybridized carbons (Fsp3) is 0.542. The predicted molar refractivity (Wildman–Crippen MR) is 121 cm³/mol. The van der Waals surface area contributed by atoms with E-state index >= 15 is 0 Å². The maximum Gasteiger partial charge on any atom is 0.408 e. The Kier molecular flexibility index (Phi) is 8.68. The first kappa shape index (κ1) is 26.0. The summed E-state index contributed by atoms with van der Waals surface area (Å²) in [6, 6.07) is 5.93. The number of carbonyl (C=O) groups excluding carboxylic acids is 3. The Morgan fingerprint density at radius 3 is 2.16 bits per heavy atom. The highest BCUT2D eigenvalue weighted by Gasteiger charge is 2.39. The molecule has 2 N–H and O–H groups in total. The number of hydrogen-bond donors (Lipinski definition) is 2. The molecule has 0 bridgehead atoms. The van der Waals surface area contributed by atoms with Crippen molar-refractivity contribution >= 4 is 17.9 Å². The summed E-state index contributed by atoms with van der Waals surface area (Å²) in [5.41, 5.74) is -0.368. The van der Waals surface area contributed by atoms with Crippen LogP contribution in [0.4, 0.5) is 4.79 Å². The number of nitrogens with zero attached hydrogens (tertiary/aromatic N) is 1. The molecule has 31 heavy (non-hydrogen) atoms. The molecule has 0 aliphatic carbocycles. The molecule has 0 aliphatic rings. The molecule has 0 radical (unpaired) electrons. The van der Waals surface area contributed by atoms with Crippen LogP contribution in [-0.2, 0) is 14.3 Å². The summed E-state index contributed by atoms with van der Waals surface area (Å²) in [5, 5.41) is 5.36. The van der Waals surface area contributed by atoms with Gasteiger partial charge in [0, 0.05) is 17.1 Å². The lowest BCUT2D eigenvalue weighted by atomic mass is 9.93. The van der Waals surface area contributed by atoms with E-state index < -0.39 is 29.2 Å². The largest absolute Gasteiger partial charge is 0.444 e. The molecule has 0 spiro atoms. The van der Waals surface area contributed by atoms with Gasteiger partial charge in [-0.15, -0.1) is 6.42 Å². The molecule has 0 saturated carbocycles. The van der Waals surface area contributed by atoms with E-state index in [0.717, 1.165) is 0 Å². The van der Waals surface area contributed by atoms with Crippen LogP contribution >= 0.6 is 0 Å². The smallest absolute Gasteiger partial charge is 0.408 e. The normalized spacial score (nSPS) is 12.5. The molecule has 7 heteroatoms. The van der Waals surface area contributed by atoms with Crippen LogP contribution in [0.15, 0.2) is 24.3 Å². The summed E-state index contributed by atoms with van der Waals surface area (Å²) < 4.78 is 5.21. The van der Waals surface area contributed by atoms with Crippen molar-refractivity contribution in [2.45, 2.75) is 78.6 Å². The van der Waals surface area contributed by atoms with Gasteiger partial charge in [0.2, 0.25) is 11.8 Å². The molecule has 170 valence electrons. The Labute approximate surface area is 185 Å². The lowest BCUT2D eigenvalue weighted by Crippen LogP contribution is -2.55. The number of terminal acetylenes is 1. The number of benzene rings is 1. The number of nitrogens with one attached hydrogen (secondary N) is 2. The average molecular weight is 430 g/mol. The van der Waals surface area contributed by atoms with Gasteiger partial charge in [0.25, 0.3) is 0 Å². The quantitative estimate of drug-likeness (QED) is 0.679.